The molecule has 2 heterocycles. The molecule has 0 amide bonds. The van der Waals surface area contributed by atoms with E-state index in [1.54, 1.807) is 18.2 Å². The number of carboxylic acid groups (broad SMARTS) is 1. The first-order valence-corrected chi connectivity index (χ1v) is 10.9. The molecule has 0 aromatic carbocycles. The summed E-state index contributed by atoms with van der Waals surface area (Å²) in [4.78, 5) is 16.3. The minimum atomic E-state index is -0.911. The van der Waals surface area contributed by atoms with Crippen molar-refractivity contribution in [1.29, 1.82) is 5.26 Å². The smallest absolute Gasteiger partial charge is 0.345 e. The first kappa shape index (κ1) is 21.8. The number of aliphatic hydroxyl groups excluding tert-OH is 1. The van der Waals surface area contributed by atoms with E-state index in [1.165, 1.54) is 11.3 Å². The summed E-state index contributed by atoms with van der Waals surface area (Å²) < 4.78 is 0. The number of thiophene rings is 1. The van der Waals surface area contributed by atoms with Gasteiger partial charge in [-0.25, -0.2) is 9.78 Å². The van der Waals surface area contributed by atoms with Crippen molar-refractivity contribution in [3.8, 4) is 6.07 Å². The lowest BCUT2D eigenvalue weighted by atomic mass is 9.84. The molecule has 8 heteroatoms. The van der Waals surface area contributed by atoms with E-state index in [1.807, 2.05) is 18.2 Å². The Balaban J connectivity index is 1.67. The highest BCUT2D eigenvalue weighted by molar-refractivity contribution is 7.13. The molecule has 3 rings (SSSR count). The van der Waals surface area contributed by atoms with Crippen LogP contribution in [0.5, 0.6) is 0 Å². The molecule has 29 heavy (non-hydrogen) atoms. The minimum Gasteiger partial charge on any atom is -0.477 e. The summed E-state index contributed by atoms with van der Waals surface area (Å²) in [6.45, 7) is 0. The molecular weight excluding hydrogens is 431 g/mol. The second kappa shape index (κ2) is 9.73. The van der Waals surface area contributed by atoms with Crippen LogP contribution in [0.1, 0.15) is 39.4 Å². The Morgan fingerprint density at radius 3 is 2.69 bits per heavy atom. The minimum absolute atomic E-state index is 0.0398. The van der Waals surface area contributed by atoms with Gasteiger partial charge in [-0.15, -0.1) is 11.3 Å². The number of rotatable bonds is 7. The number of hydrogen-bond acceptors (Lipinski definition) is 5. The maximum absolute atomic E-state index is 11.0. The van der Waals surface area contributed by atoms with Crippen molar-refractivity contribution >= 4 is 46.6 Å². The fourth-order valence-electron chi connectivity index (χ4n) is 3.90. The van der Waals surface area contributed by atoms with Crippen LogP contribution in [0, 0.1) is 29.1 Å². The van der Waals surface area contributed by atoms with Crippen molar-refractivity contribution in [3.63, 3.8) is 0 Å². The number of pyridine rings is 1. The van der Waals surface area contributed by atoms with Crippen LogP contribution >= 0.6 is 34.5 Å². The number of nitriles is 1. The van der Waals surface area contributed by atoms with Gasteiger partial charge in [0.05, 0.1) is 18.1 Å². The number of aliphatic hydroxyl groups is 1. The molecule has 5 nitrogen and oxygen atoms in total. The topological polar surface area (TPSA) is 94.2 Å². The van der Waals surface area contributed by atoms with Gasteiger partial charge in [-0.3, -0.25) is 0 Å². The predicted molar refractivity (Wildman–Crippen MR) is 114 cm³/mol. The van der Waals surface area contributed by atoms with Crippen LogP contribution < -0.4 is 0 Å². The van der Waals surface area contributed by atoms with Gasteiger partial charge in [0.15, 0.2) is 0 Å². The van der Waals surface area contributed by atoms with Crippen molar-refractivity contribution in [3.05, 3.63) is 56.0 Å². The van der Waals surface area contributed by atoms with Crippen LogP contribution in [0.25, 0.3) is 6.08 Å². The molecular formula is C21H20Cl2N2O3S. The first-order chi connectivity index (χ1) is 13.9. The average Bonchev–Trinajstić information content (AvgIpc) is 3.24. The van der Waals surface area contributed by atoms with Gasteiger partial charge >= 0.3 is 5.97 Å². The Morgan fingerprint density at radius 2 is 2.07 bits per heavy atom. The molecule has 0 bridgehead atoms. The largest absolute Gasteiger partial charge is 0.477 e. The zero-order valence-electron chi connectivity index (χ0n) is 15.5. The molecule has 4 atom stereocenters. The molecule has 2 aromatic heterocycles. The molecule has 1 aliphatic rings. The lowest BCUT2D eigenvalue weighted by Gasteiger charge is -2.20. The highest BCUT2D eigenvalue weighted by atomic mass is 35.5. The number of hydrogen-bond donors (Lipinski definition) is 2. The maximum atomic E-state index is 11.0. The quantitative estimate of drug-likeness (QED) is 0.556. The molecule has 0 spiro atoms. The van der Waals surface area contributed by atoms with E-state index < -0.39 is 12.1 Å². The van der Waals surface area contributed by atoms with Gasteiger partial charge in [0, 0.05) is 10.8 Å². The lowest BCUT2D eigenvalue weighted by Crippen LogP contribution is -2.18. The lowest BCUT2D eigenvalue weighted by molar-refractivity contribution is 0.0702. The third kappa shape index (κ3) is 5.58. The molecule has 0 saturated heterocycles. The second-order valence-electron chi connectivity index (χ2n) is 7.15. The molecule has 1 saturated carbocycles. The predicted octanol–water partition coefficient (Wildman–Crippen LogP) is 5.32. The summed E-state index contributed by atoms with van der Waals surface area (Å²) in [5.74, 6) is -1.21. The zero-order valence-corrected chi connectivity index (χ0v) is 17.8. The summed E-state index contributed by atoms with van der Waals surface area (Å²) in [6.07, 6.45) is 6.04. The number of aryl methyl sites for hydroxylation is 1. The summed E-state index contributed by atoms with van der Waals surface area (Å²) in [6, 6.07) is 9.19. The summed E-state index contributed by atoms with van der Waals surface area (Å²) in [5, 5.41) is 29.6. The first-order valence-electron chi connectivity index (χ1n) is 9.28. The van der Waals surface area contributed by atoms with Crippen LogP contribution in [0.3, 0.4) is 0 Å². The van der Waals surface area contributed by atoms with E-state index in [-0.39, 0.29) is 17.8 Å². The SMILES string of the molecule is N#C[C@@H]1C[C@@H](O)[C@H](/C=C/c2cc(Cl)nc(Cl)c2)[C@H]1CCCc1ccc(C(=O)O)s1. The fraction of sp³-hybridized carbons (Fsp3) is 0.381. The molecule has 2 N–H and O–H groups in total. The summed E-state index contributed by atoms with van der Waals surface area (Å²) >= 11 is 13.2. The zero-order chi connectivity index (χ0) is 21.0. The number of carboxylic acids is 1. The molecule has 1 fully saturated rings. The summed E-state index contributed by atoms with van der Waals surface area (Å²) in [7, 11) is 0. The van der Waals surface area contributed by atoms with E-state index in [0.29, 0.717) is 21.6 Å². The average molecular weight is 451 g/mol. The Kier molecular flexibility index (Phi) is 7.31. The van der Waals surface area contributed by atoms with Crippen LogP contribution in [-0.4, -0.2) is 27.3 Å². The van der Waals surface area contributed by atoms with Crippen molar-refractivity contribution in [2.24, 2.45) is 17.8 Å². The van der Waals surface area contributed by atoms with Crippen LogP contribution in [0.4, 0.5) is 0 Å². The number of halogens is 2. The van der Waals surface area contributed by atoms with E-state index in [9.17, 15) is 15.2 Å². The highest BCUT2D eigenvalue weighted by Crippen LogP contribution is 2.41. The van der Waals surface area contributed by atoms with Gasteiger partial charge in [0.1, 0.15) is 15.2 Å². The molecule has 0 aliphatic heterocycles. The molecule has 1 aliphatic carbocycles. The van der Waals surface area contributed by atoms with Crippen LogP contribution in [-0.2, 0) is 6.42 Å². The van der Waals surface area contributed by atoms with Crippen LogP contribution in [0.2, 0.25) is 10.3 Å². The second-order valence-corrected chi connectivity index (χ2v) is 9.09. The highest BCUT2D eigenvalue weighted by Gasteiger charge is 2.40. The number of aromatic carboxylic acids is 1. The Labute approximate surface area is 183 Å². The van der Waals surface area contributed by atoms with E-state index in [2.05, 4.69) is 11.1 Å². The van der Waals surface area contributed by atoms with Crippen molar-refractivity contribution in [2.45, 2.75) is 31.8 Å². The van der Waals surface area contributed by atoms with Crippen molar-refractivity contribution < 1.29 is 15.0 Å². The molecule has 0 unspecified atom stereocenters. The normalized spacial score (nSPS) is 24.1. The third-order valence-corrected chi connectivity index (χ3v) is 6.77. The number of carbonyl (C=O) groups is 1. The van der Waals surface area contributed by atoms with E-state index >= 15 is 0 Å². The Hall–Kier alpha value is -1.91. The maximum Gasteiger partial charge on any atom is 0.345 e. The van der Waals surface area contributed by atoms with E-state index in [0.717, 1.165) is 29.7 Å². The van der Waals surface area contributed by atoms with Crippen molar-refractivity contribution in [2.75, 3.05) is 0 Å². The number of nitrogens with zero attached hydrogens (tertiary/aromatic N) is 2. The van der Waals surface area contributed by atoms with Gasteiger partial charge in [-0.05, 0) is 61.4 Å². The van der Waals surface area contributed by atoms with Crippen molar-refractivity contribution in [1.82, 2.24) is 4.98 Å². The Morgan fingerprint density at radius 1 is 1.34 bits per heavy atom. The fourth-order valence-corrected chi connectivity index (χ4v) is 5.27. The van der Waals surface area contributed by atoms with Gasteiger partial charge < -0.3 is 10.2 Å². The van der Waals surface area contributed by atoms with Gasteiger partial charge in [0.25, 0.3) is 0 Å². The summed E-state index contributed by atoms with van der Waals surface area (Å²) in [5.41, 5.74) is 0.793. The van der Waals surface area contributed by atoms with Gasteiger partial charge in [-0.2, -0.15) is 5.26 Å². The standard InChI is InChI=1S/C21H20Cl2N2O3S/c22-19-8-12(9-20(23)25-19)4-6-16-15(13(11-24)10-17(16)26)3-1-2-14-5-7-18(29-14)21(27)28/h4-9,13,15-17,26H,1-3,10H2,(H,27,28)/b6-4+/t13-,15-,16+,17+/m0/s1. The molecule has 0 radical (unpaired) electrons. The Bertz CT molecular complexity index is 933. The monoisotopic (exact) mass is 450 g/mol. The third-order valence-electron chi connectivity index (χ3n) is 5.25. The van der Waals surface area contributed by atoms with Gasteiger partial charge in [-0.1, -0.05) is 35.4 Å². The molecule has 2 aromatic rings. The number of aromatic nitrogens is 1. The van der Waals surface area contributed by atoms with E-state index in [4.69, 9.17) is 28.3 Å². The molecule has 152 valence electrons. The van der Waals surface area contributed by atoms with Gasteiger partial charge in [0.2, 0.25) is 0 Å². The van der Waals surface area contributed by atoms with Crippen LogP contribution in [0.15, 0.2) is 30.3 Å².